The van der Waals surface area contributed by atoms with Gasteiger partial charge in [0.1, 0.15) is 5.75 Å². The molecule has 1 rings (SSSR count). The zero-order chi connectivity index (χ0) is 13.7. The predicted molar refractivity (Wildman–Crippen MR) is 58.1 cm³/mol. The number of phenols is 1. The third kappa shape index (κ3) is 3.17. The van der Waals surface area contributed by atoms with Crippen molar-refractivity contribution in [2.75, 3.05) is 6.61 Å². The van der Waals surface area contributed by atoms with Crippen LogP contribution in [0.2, 0.25) is 0 Å². The van der Waals surface area contributed by atoms with Gasteiger partial charge in [0.25, 0.3) is 6.43 Å². The number of esters is 1. The Kier molecular flexibility index (Phi) is 4.60. The van der Waals surface area contributed by atoms with Crippen LogP contribution in [0, 0.1) is 11.3 Å². The van der Waals surface area contributed by atoms with Crippen molar-refractivity contribution in [2.24, 2.45) is 0 Å². The molecule has 0 unspecified atom stereocenters. The number of nitriles is 1. The Morgan fingerprint density at radius 2 is 2.22 bits per heavy atom. The quantitative estimate of drug-likeness (QED) is 0.838. The highest BCUT2D eigenvalue weighted by molar-refractivity contribution is 5.74. The molecule has 0 atom stereocenters. The molecule has 0 radical (unpaired) electrons. The Morgan fingerprint density at radius 3 is 2.72 bits per heavy atom. The van der Waals surface area contributed by atoms with E-state index in [2.05, 4.69) is 4.74 Å². The first-order valence-corrected chi connectivity index (χ1v) is 5.19. The number of hydrogen-bond donors (Lipinski definition) is 1. The predicted octanol–water partition coefficient (Wildman–Crippen LogP) is 2.31. The minimum atomic E-state index is -2.88. The highest BCUT2D eigenvalue weighted by Crippen LogP contribution is 2.31. The van der Waals surface area contributed by atoms with Gasteiger partial charge in [0.15, 0.2) is 0 Å². The normalized spacial score (nSPS) is 10.2. The van der Waals surface area contributed by atoms with Crippen LogP contribution < -0.4 is 0 Å². The first-order chi connectivity index (χ1) is 8.49. The van der Waals surface area contributed by atoms with E-state index < -0.39 is 23.7 Å². The van der Waals surface area contributed by atoms with Crippen molar-refractivity contribution in [3.63, 3.8) is 0 Å². The summed E-state index contributed by atoms with van der Waals surface area (Å²) in [4.78, 5) is 11.3. The largest absolute Gasteiger partial charge is 0.507 e. The molecule has 0 saturated heterocycles. The monoisotopic (exact) mass is 255 g/mol. The second-order valence-corrected chi connectivity index (χ2v) is 3.46. The first kappa shape index (κ1) is 13.9. The summed E-state index contributed by atoms with van der Waals surface area (Å²) < 4.78 is 29.8. The van der Waals surface area contributed by atoms with Crippen molar-refractivity contribution in [3.8, 4) is 11.8 Å². The van der Waals surface area contributed by atoms with E-state index >= 15 is 0 Å². The molecule has 18 heavy (non-hydrogen) atoms. The van der Waals surface area contributed by atoms with Gasteiger partial charge in [0, 0.05) is 0 Å². The lowest BCUT2D eigenvalue weighted by molar-refractivity contribution is -0.142. The van der Waals surface area contributed by atoms with Gasteiger partial charge in [-0.15, -0.1) is 0 Å². The topological polar surface area (TPSA) is 70.3 Å². The molecule has 0 aliphatic heterocycles. The van der Waals surface area contributed by atoms with Crippen LogP contribution in [0.4, 0.5) is 8.78 Å². The molecular weight excluding hydrogens is 244 g/mol. The smallest absolute Gasteiger partial charge is 0.310 e. The van der Waals surface area contributed by atoms with Gasteiger partial charge in [-0.1, -0.05) is 0 Å². The standard InChI is InChI=1S/C12H11F2NO3/c1-2-18-11(17)5-7-3-9(12(13)14)10(16)4-8(7)6-15/h3-4,12,16H,2,5H2,1H3. The summed E-state index contributed by atoms with van der Waals surface area (Å²) in [5, 5.41) is 18.1. The van der Waals surface area contributed by atoms with Crippen LogP contribution in [0.3, 0.4) is 0 Å². The molecule has 0 heterocycles. The van der Waals surface area contributed by atoms with Crippen LogP contribution >= 0.6 is 0 Å². The highest BCUT2D eigenvalue weighted by atomic mass is 19.3. The number of carbonyl (C=O) groups is 1. The second-order valence-electron chi connectivity index (χ2n) is 3.46. The Morgan fingerprint density at radius 1 is 1.56 bits per heavy atom. The number of ether oxygens (including phenoxy) is 1. The number of carbonyl (C=O) groups excluding carboxylic acids is 1. The zero-order valence-electron chi connectivity index (χ0n) is 9.61. The van der Waals surface area contributed by atoms with Gasteiger partial charge in [-0.2, -0.15) is 5.26 Å². The number of alkyl halides is 2. The molecule has 0 saturated carbocycles. The van der Waals surface area contributed by atoms with Gasteiger partial charge in [0.05, 0.1) is 30.2 Å². The zero-order valence-corrected chi connectivity index (χ0v) is 9.61. The molecule has 0 aliphatic carbocycles. The van der Waals surface area contributed by atoms with Crippen molar-refractivity contribution in [1.29, 1.82) is 5.26 Å². The number of aromatic hydroxyl groups is 1. The second kappa shape index (κ2) is 5.96. The third-order valence-electron chi connectivity index (χ3n) is 2.25. The lowest BCUT2D eigenvalue weighted by Crippen LogP contribution is -2.09. The average Bonchev–Trinajstić information content (AvgIpc) is 2.30. The molecule has 0 amide bonds. The molecule has 96 valence electrons. The Labute approximate surface area is 102 Å². The number of nitrogens with zero attached hydrogens (tertiary/aromatic N) is 1. The van der Waals surface area contributed by atoms with Crippen LogP contribution in [0.25, 0.3) is 0 Å². The molecule has 1 N–H and O–H groups in total. The first-order valence-electron chi connectivity index (χ1n) is 5.19. The number of benzene rings is 1. The van der Waals surface area contributed by atoms with Gasteiger partial charge in [-0.3, -0.25) is 4.79 Å². The fourth-order valence-electron chi connectivity index (χ4n) is 1.44. The van der Waals surface area contributed by atoms with Crippen molar-refractivity contribution < 1.29 is 23.4 Å². The minimum absolute atomic E-state index is 0.0232. The molecule has 0 spiro atoms. The average molecular weight is 255 g/mol. The summed E-state index contributed by atoms with van der Waals surface area (Å²) in [7, 11) is 0. The number of rotatable bonds is 4. The van der Waals surface area contributed by atoms with E-state index in [0.29, 0.717) is 0 Å². The Bertz CT molecular complexity index is 495. The molecule has 0 bridgehead atoms. The van der Waals surface area contributed by atoms with E-state index in [-0.39, 0.29) is 24.2 Å². The Hall–Kier alpha value is -2.16. The van der Waals surface area contributed by atoms with Gasteiger partial charge in [-0.25, -0.2) is 8.78 Å². The van der Waals surface area contributed by atoms with Crippen molar-refractivity contribution in [2.45, 2.75) is 19.8 Å². The van der Waals surface area contributed by atoms with Gasteiger partial charge in [0.2, 0.25) is 0 Å². The van der Waals surface area contributed by atoms with E-state index in [1.54, 1.807) is 13.0 Å². The third-order valence-corrected chi connectivity index (χ3v) is 2.25. The van der Waals surface area contributed by atoms with E-state index in [0.717, 1.165) is 12.1 Å². The lowest BCUT2D eigenvalue weighted by atomic mass is 10.0. The summed E-state index contributed by atoms with van der Waals surface area (Å²) in [6, 6.07) is 3.62. The van der Waals surface area contributed by atoms with E-state index in [1.165, 1.54) is 0 Å². The molecule has 0 fully saturated rings. The molecule has 1 aromatic carbocycles. The van der Waals surface area contributed by atoms with Crippen molar-refractivity contribution in [3.05, 3.63) is 28.8 Å². The number of phenolic OH excluding ortho intramolecular Hbond substituents is 1. The molecule has 6 heteroatoms. The van der Waals surface area contributed by atoms with Crippen molar-refractivity contribution in [1.82, 2.24) is 0 Å². The maximum atomic E-state index is 12.6. The Balaban J connectivity index is 3.13. The summed E-state index contributed by atoms with van der Waals surface area (Å²) in [6.45, 7) is 1.78. The fraction of sp³-hybridized carbons (Fsp3) is 0.333. The summed E-state index contributed by atoms with van der Waals surface area (Å²) >= 11 is 0. The van der Waals surface area contributed by atoms with E-state index in [9.17, 15) is 18.7 Å². The molecule has 4 nitrogen and oxygen atoms in total. The van der Waals surface area contributed by atoms with Gasteiger partial charge in [-0.05, 0) is 24.6 Å². The maximum absolute atomic E-state index is 12.6. The molecule has 0 aliphatic rings. The number of halogens is 2. The maximum Gasteiger partial charge on any atom is 0.310 e. The lowest BCUT2D eigenvalue weighted by Gasteiger charge is -2.09. The van der Waals surface area contributed by atoms with E-state index in [1.807, 2.05) is 0 Å². The summed E-state index contributed by atoms with van der Waals surface area (Å²) in [5.41, 5.74) is -0.512. The summed E-state index contributed by atoms with van der Waals surface area (Å²) in [6.07, 6.45) is -3.16. The highest BCUT2D eigenvalue weighted by Gasteiger charge is 2.18. The SMILES string of the molecule is CCOC(=O)Cc1cc(C(F)F)c(O)cc1C#N. The van der Waals surface area contributed by atoms with Crippen LogP contribution in [0.15, 0.2) is 12.1 Å². The van der Waals surface area contributed by atoms with Crippen LogP contribution in [0.1, 0.15) is 30.0 Å². The van der Waals surface area contributed by atoms with Gasteiger partial charge >= 0.3 is 5.97 Å². The van der Waals surface area contributed by atoms with Crippen molar-refractivity contribution >= 4 is 5.97 Å². The van der Waals surface area contributed by atoms with Crippen LogP contribution in [-0.2, 0) is 16.0 Å². The molecule has 0 aromatic heterocycles. The van der Waals surface area contributed by atoms with Gasteiger partial charge < -0.3 is 9.84 Å². The van der Waals surface area contributed by atoms with E-state index in [4.69, 9.17) is 5.26 Å². The minimum Gasteiger partial charge on any atom is -0.507 e. The molecule has 1 aromatic rings. The van der Waals surface area contributed by atoms with Crippen LogP contribution in [0.5, 0.6) is 5.75 Å². The number of hydrogen-bond acceptors (Lipinski definition) is 4. The molecular formula is C12H11F2NO3. The summed E-state index contributed by atoms with van der Waals surface area (Å²) in [5.74, 6) is -1.27. The van der Waals surface area contributed by atoms with Crippen LogP contribution in [-0.4, -0.2) is 17.7 Å². The fourth-order valence-corrected chi connectivity index (χ4v) is 1.44.